The number of nitrogens with one attached hydrogen (secondary N) is 8. The predicted octanol–water partition coefficient (Wildman–Crippen LogP) is 11.3. The van der Waals surface area contributed by atoms with Gasteiger partial charge in [0.15, 0.2) is 0 Å². The number of amides is 6. The molecule has 8 aromatic rings. The smallest absolute Gasteiger partial charge is 0.407 e. The summed E-state index contributed by atoms with van der Waals surface area (Å²) in [5.41, 5.74) is 10.8. The Hall–Kier alpha value is -11.0. The third-order valence-corrected chi connectivity index (χ3v) is 18.9. The summed E-state index contributed by atoms with van der Waals surface area (Å²) < 4.78 is 14.3. The molecule has 6 amide bonds. The highest BCUT2D eigenvalue weighted by atomic mass is 16.5. The van der Waals surface area contributed by atoms with Crippen LogP contribution in [0.25, 0.3) is 45.0 Å². The fourth-order valence-electron chi connectivity index (χ4n) is 13.5. The average Bonchev–Trinajstić information content (AvgIpc) is 1.68. The van der Waals surface area contributed by atoms with E-state index < -0.39 is 36.4 Å². The van der Waals surface area contributed by atoms with Gasteiger partial charge in [0.05, 0.1) is 93.1 Å². The van der Waals surface area contributed by atoms with Crippen LogP contribution in [-0.4, -0.2) is 156 Å². The van der Waals surface area contributed by atoms with Crippen LogP contribution in [-0.2, 0) is 28.6 Å². The molecule has 7 atom stereocenters. The number of hydrogen-bond acceptors (Lipinski definition) is 14. The first kappa shape index (κ1) is 71.3. The highest BCUT2D eigenvalue weighted by Gasteiger charge is 2.41. The molecule has 0 bridgehead atoms. The molecule has 0 aliphatic carbocycles. The van der Waals surface area contributed by atoms with Gasteiger partial charge in [-0.3, -0.25) is 14.4 Å². The number of aromatic amines is 4. The van der Waals surface area contributed by atoms with Crippen molar-refractivity contribution in [3.8, 4) is 68.7 Å². The Morgan fingerprint density at radius 2 is 0.703 bits per heavy atom. The molecular formula is C77H89N15O9. The number of nitrogens with zero attached hydrogens (tertiary/aromatic N) is 7. The lowest BCUT2D eigenvalue weighted by Gasteiger charge is -2.30. The Balaban J connectivity index is 0.000000208. The molecule has 0 radical (unpaired) electrons. The van der Waals surface area contributed by atoms with Gasteiger partial charge in [-0.2, -0.15) is 0 Å². The Morgan fingerprint density at radius 1 is 0.416 bits per heavy atom. The summed E-state index contributed by atoms with van der Waals surface area (Å²) in [6.07, 6.45) is 12.5. The predicted molar refractivity (Wildman–Crippen MR) is 382 cm³/mol. The van der Waals surface area contributed by atoms with E-state index in [4.69, 9.17) is 14.2 Å². The number of rotatable bonds is 17. The summed E-state index contributed by atoms with van der Waals surface area (Å²) in [6.45, 7) is 14.2. The van der Waals surface area contributed by atoms with E-state index in [9.17, 15) is 28.8 Å². The molecule has 4 aromatic heterocycles. The number of alkyl carbamates (subject to hydrolysis) is 3. The molecule has 0 saturated carbocycles. The normalized spacial score (nSPS) is 18.0. The average molecular weight is 1370 g/mol. The number of H-pyrrole nitrogens is 4. The Morgan fingerprint density at radius 3 is 0.970 bits per heavy atom. The zero-order valence-corrected chi connectivity index (χ0v) is 58.6. The van der Waals surface area contributed by atoms with Gasteiger partial charge in [-0.1, -0.05) is 114 Å². The molecule has 8 N–H and O–H groups in total. The molecule has 4 aliphatic heterocycles. The lowest BCUT2D eigenvalue weighted by Crippen LogP contribution is -2.51. The second-order valence-corrected chi connectivity index (χ2v) is 26.8. The molecule has 4 fully saturated rings. The van der Waals surface area contributed by atoms with Crippen LogP contribution in [0.3, 0.4) is 0 Å². The van der Waals surface area contributed by atoms with Crippen molar-refractivity contribution in [2.45, 2.75) is 135 Å². The molecule has 24 nitrogen and oxygen atoms in total. The molecule has 0 spiro atoms. The Labute approximate surface area is 588 Å². The minimum atomic E-state index is -0.701. The van der Waals surface area contributed by atoms with Gasteiger partial charge in [-0.15, -0.1) is 0 Å². The van der Waals surface area contributed by atoms with Gasteiger partial charge < -0.3 is 70.1 Å². The topological polar surface area (TPSA) is 303 Å². The molecule has 24 heteroatoms. The maximum Gasteiger partial charge on any atom is 0.407 e. The van der Waals surface area contributed by atoms with Crippen molar-refractivity contribution in [1.29, 1.82) is 0 Å². The summed E-state index contributed by atoms with van der Waals surface area (Å²) in [5.74, 6) is 15.6. The highest BCUT2D eigenvalue weighted by molar-refractivity contribution is 5.88. The van der Waals surface area contributed by atoms with E-state index in [0.717, 1.165) is 130 Å². The number of methoxy groups -OCH3 is 3. The van der Waals surface area contributed by atoms with Gasteiger partial charge >= 0.3 is 18.3 Å². The maximum atomic E-state index is 13.6. The first-order chi connectivity index (χ1) is 48.9. The Kier molecular flexibility index (Phi) is 23.2. The first-order valence-corrected chi connectivity index (χ1v) is 34.7. The third-order valence-electron chi connectivity index (χ3n) is 18.9. The van der Waals surface area contributed by atoms with E-state index in [1.165, 1.54) is 27.8 Å². The van der Waals surface area contributed by atoms with E-state index >= 15 is 0 Å². The number of aromatic nitrogens is 8. The van der Waals surface area contributed by atoms with E-state index in [2.05, 4.69) is 97.0 Å². The zero-order chi connectivity index (χ0) is 71.3. The van der Waals surface area contributed by atoms with Crippen LogP contribution in [0.5, 0.6) is 0 Å². The van der Waals surface area contributed by atoms with Crippen molar-refractivity contribution in [1.82, 2.24) is 75.8 Å². The lowest BCUT2D eigenvalue weighted by atomic mass is 10.0. The summed E-state index contributed by atoms with van der Waals surface area (Å²) >= 11 is 0. The summed E-state index contributed by atoms with van der Waals surface area (Å²) in [5, 5.41) is 11.6. The van der Waals surface area contributed by atoms with Gasteiger partial charge in [-0.25, -0.2) is 34.3 Å². The Bertz CT molecular complexity index is 4240. The number of carbonyl (C=O) groups is 6. The number of carbonyl (C=O) groups excluding carboxylic acids is 6. The fourth-order valence-corrected chi connectivity index (χ4v) is 13.5. The van der Waals surface area contributed by atoms with Gasteiger partial charge in [-0.05, 0) is 124 Å². The molecule has 12 rings (SSSR count). The number of ether oxygens (including phenoxy) is 3. The second-order valence-electron chi connectivity index (χ2n) is 26.8. The molecule has 4 saturated heterocycles. The molecule has 526 valence electrons. The number of likely N-dealkylation sites (tertiary alicyclic amines) is 3. The largest absolute Gasteiger partial charge is 0.453 e. The minimum absolute atomic E-state index is 0.0891. The molecule has 101 heavy (non-hydrogen) atoms. The molecular weight excluding hydrogens is 1280 g/mol. The van der Waals surface area contributed by atoms with Crippen LogP contribution in [0.4, 0.5) is 14.4 Å². The van der Waals surface area contributed by atoms with Crippen LogP contribution in [0.15, 0.2) is 122 Å². The fraction of sp³-hybridized carbons (Fsp3) is 0.403. The van der Waals surface area contributed by atoms with Gasteiger partial charge in [0.2, 0.25) is 17.7 Å². The molecule has 8 heterocycles. The van der Waals surface area contributed by atoms with Crippen molar-refractivity contribution in [3.05, 3.63) is 167 Å². The monoisotopic (exact) mass is 1370 g/mol. The van der Waals surface area contributed by atoms with E-state index in [0.29, 0.717) is 37.3 Å². The van der Waals surface area contributed by atoms with Crippen molar-refractivity contribution in [2.75, 3.05) is 47.5 Å². The van der Waals surface area contributed by atoms with Crippen molar-refractivity contribution in [3.63, 3.8) is 0 Å². The second kappa shape index (κ2) is 32.8. The van der Waals surface area contributed by atoms with Crippen molar-refractivity contribution in [2.24, 2.45) is 17.8 Å². The van der Waals surface area contributed by atoms with E-state index in [1.54, 1.807) is 28.4 Å². The SMILES string of the molecule is COC(=O)N[C@H](C(=O)N1CCC[C@H]1c1ncc(-c2cccc(C#Cc3cccc(-c4cnc([C@@H]5CCCN5)[nH]4)c3)c2)[nH]1)C(C)C.COC(=O)N[C@H](C(=O)N1CCC[C@H]1c1ncc(-c2cccc(C#Cc3cccc(-c4cnc([C@@H]5CCCN5C(=O)[C@@H](NC(=O)OC)C(C)C)[nH]4)c3)c2)[nH]1)C(C)C. The summed E-state index contributed by atoms with van der Waals surface area (Å²) in [6, 6.07) is 29.6. The molecule has 4 aliphatic rings. The van der Waals surface area contributed by atoms with Crippen LogP contribution in [0, 0.1) is 41.4 Å². The number of imidazole rings is 4. The van der Waals surface area contributed by atoms with Crippen molar-refractivity contribution >= 4 is 36.0 Å². The number of benzene rings is 4. The summed E-state index contributed by atoms with van der Waals surface area (Å²) in [7, 11) is 3.86. The van der Waals surface area contributed by atoms with Crippen LogP contribution >= 0.6 is 0 Å². The van der Waals surface area contributed by atoms with Crippen LogP contribution in [0.1, 0.15) is 163 Å². The van der Waals surface area contributed by atoms with Crippen LogP contribution in [0.2, 0.25) is 0 Å². The standard InChI is InChI=1S/C42H50N8O6.C35H39N7O3/c1-25(2)35(47-41(53)55-5)39(51)49-19-9-15-33(49)37-43-23-31(45-37)29-13-7-11-27(21-29)17-18-28-12-8-14-30(22-28)32-24-44-38(46-32)34-16-10-20-50(34)40(52)36(26(3)4)48-42(54)56-6;1-22(2)31(41-35(44)45-3)34(43)42-17-7-13-30(42)33-38-21-29(40-33)26-11-5-9-24(19-26)15-14-23-8-4-10-25(18-23)28-20-37-32(39-28)27-12-6-16-36-27/h7-8,11-14,21-26,33-36H,9-10,15-16,19-20H2,1-6H3,(H,43,45)(H,44,46)(H,47,53)(H,48,54);4-5,8-11,18-22,27,30-31,36H,6-7,12-13,16-17H2,1-3H3,(H,37,39)(H,38,40)(H,41,44)/t33-,34-,35-,36-;27-,30-,31-/m00/s1. The van der Waals surface area contributed by atoms with Crippen molar-refractivity contribution < 1.29 is 43.0 Å². The minimum Gasteiger partial charge on any atom is -0.453 e. The van der Waals surface area contributed by atoms with E-state index in [-0.39, 0.29) is 53.6 Å². The zero-order valence-electron chi connectivity index (χ0n) is 58.6. The molecule has 0 unspecified atom stereocenters. The summed E-state index contributed by atoms with van der Waals surface area (Å²) in [4.78, 5) is 114. The third kappa shape index (κ3) is 17.2. The van der Waals surface area contributed by atoms with Gasteiger partial charge in [0.1, 0.15) is 41.4 Å². The number of hydrogen-bond donors (Lipinski definition) is 8. The first-order valence-electron chi connectivity index (χ1n) is 34.7. The highest BCUT2D eigenvalue weighted by Crippen LogP contribution is 2.37. The van der Waals surface area contributed by atoms with E-state index in [1.807, 2.05) is 138 Å². The quantitative estimate of drug-likeness (QED) is 0.0311. The van der Waals surface area contributed by atoms with Gasteiger partial charge in [0.25, 0.3) is 0 Å². The lowest BCUT2D eigenvalue weighted by molar-refractivity contribution is -0.136. The molecule has 4 aromatic carbocycles. The van der Waals surface area contributed by atoms with Crippen LogP contribution < -0.4 is 21.3 Å². The maximum absolute atomic E-state index is 13.6. The van der Waals surface area contributed by atoms with Gasteiger partial charge in [0, 0.05) is 64.1 Å².